The lowest BCUT2D eigenvalue weighted by atomic mass is 9.95. The summed E-state index contributed by atoms with van der Waals surface area (Å²) in [5.74, 6) is 1.96. The molecule has 6 nitrogen and oxygen atoms in total. The third kappa shape index (κ3) is 5.60. The molecule has 9 heteroatoms. The molecule has 1 aliphatic rings. The van der Waals surface area contributed by atoms with Gasteiger partial charge in [0, 0.05) is 49.2 Å². The van der Waals surface area contributed by atoms with Gasteiger partial charge in [0.05, 0.1) is 15.7 Å². The van der Waals surface area contributed by atoms with Crippen molar-refractivity contribution in [3.05, 3.63) is 29.3 Å². The van der Waals surface area contributed by atoms with Crippen LogP contribution in [0.5, 0.6) is 0 Å². The zero-order chi connectivity index (χ0) is 19.1. The standard InChI is InChI=1S/C18H24N4O2S3/c19-5-9-26-27-10-6-20-17(23)13-3-7-22(8-4-13)18(24)14-1-2-15-16(11-14)25-12-21-15/h1-2,11-13H,3-10,19H2,(H,20,23). The number of nitrogens with zero attached hydrogens (tertiary/aromatic N) is 2. The molecule has 1 aliphatic heterocycles. The highest BCUT2D eigenvalue weighted by atomic mass is 33.1. The predicted octanol–water partition coefficient (Wildman–Crippen LogP) is 2.60. The Morgan fingerprint density at radius 3 is 2.81 bits per heavy atom. The molecule has 27 heavy (non-hydrogen) atoms. The van der Waals surface area contributed by atoms with Crippen LogP contribution >= 0.6 is 32.9 Å². The summed E-state index contributed by atoms with van der Waals surface area (Å²) in [6.45, 7) is 2.60. The molecule has 0 bridgehead atoms. The highest BCUT2D eigenvalue weighted by Gasteiger charge is 2.27. The minimum Gasteiger partial charge on any atom is -0.355 e. The number of fused-ring (bicyclic) bond motifs is 1. The second-order valence-corrected chi connectivity index (χ2v) is 9.91. The fraction of sp³-hybridized carbons (Fsp3) is 0.500. The van der Waals surface area contributed by atoms with Crippen molar-refractivity contribution in [1.82, 2.24) is 15.2 Å². The summed E-state index contributed by atoms with van der Waals surface area (Å²) >= 11 is 1.54. The first kappa shape index (κ1) is 20.4. The van der Waals surface area contributed by atoms with Crippen molar-refractivity contribution in [2.45, 2.75) is 12.8 Å². The minimum absolute atomic E-state index is 0.000258. The van der Waals surface area contributed by atoms with Gasteiger partial charge in [0.2, 0.25) is 5.91 Å². The zero-order valence-corrected chi connectivity index (χ0v) is 17.5. The Balaban J connectivity index is 1.42. The first-order valence-corrected chi connectivity index (χ1v) is 12.4. The summed E-state index contributed by atoms with van der Waals surface area (Å²) < 4.78 is 1.03. The fourth-order valence-corrected chi connectivity index (χ4v) is 5.52. The molecule has 0 atom stereocenters. The Morgan fingerprint density at radius 1 is 1.26 bits per heavy atom. The second-order valence-electron chi connectivity index (χ2n) is 6.32. The SMILES string of the molecule is NCCSSCCNC(=O)C1CCN(C(=O)c2ccc3ncsc3c2)CC1. The number of carbonyl (C=O) groups excluding carboxylic acids is 2. The highest BCUT2D eigenvalue weighted by Crippen LogP contribution is 2.23. The van der Waals surface area contributed by atoms with Gasteiger partial charge < -0.3 is 16.0 Å². The number of hydrogen-bond acceptors (Lipinski definition) is 7. The lowest BCUT2D eigenvalue weighted by molar-refractivity contribution is -0.126. The van der Waals surface area contributed by atoms with Gasteiger partial charge in [-0.05, 0) is 31.0 Å². The molecule has 0 radical (unpaired) electrons. The van der Waals surface area contributed by atoms with Gasteiger partial charge in [0.15, 0.2) is 0 Å². The topological polar surface area (TPSA) is 88.3 Å². The predicted molar refractivity (Wildman–Crippen MR) is 115 cm³/mol. The molecule has 0 unspecified atom stereocenters. The number of nitrogens with two attached hydrogens (primary N) is 1. The molecule has 1 aromatic heterocycles. The number of nitrogens with one attached hydrogen (secondary N) is 1. The second kappa shape index (κ2) is 10.3. The van der Waals surface area contributed by atoms with Crippen LogP contribution in [0.2, 0.25) is 0 Å². The normalized spacial score (nSPS) is 15.2. The average molecular weight is 425 g/mol. The number of carbonyl (C=O) groups is 2. The van der Waals surface area contributed by atoms with Gasteiger partial charge in [-0.3, -0.25) is 9.59 Å². The van der Waals surface area contributed by atoms with E-state index >= 15 is 0 Å². The van der Waals surface area contributed by atoms with Gasteiger partial charge >= 0.3 is 0 Å². The quantitative estimate of drug-likeness (QED) is 0.500. The highest BCUT2D eigenvalue weighted by molar-refractivity contribution is 8.76. The number of piperidine rings is 1. The van der Waals surface area contributed by atoms with Gasteiger partial charge in [0.25, 0.3) is 5.91 Å². The molecule has 2 amide bonds. The van der Waals surface area contributed by atoms with Crippen molar-refractivity contribution >= 4 is 55.0 Å². The number of benzene rings is 1. The monoisotopic (exact) mass is 424 g/mol. The van der Waals surface area contributed by atoms with Gasteiger partial charge in [0.1, 0.15) is 0 Å². The van der Waals surface area contributed by atoms with Crippen molar-refractivity contribution < 1.29 is 9.59 Å². The number of thiazole rings is 1. The largest absolute Gasteiger partial charge is 0.355 e. The van der Waals surface area contributed by atoms with E-state index < -0.39 is 0 Å². The lowest BCUT2D eigenvalue weighted by Gasteiger charge is -2.31. The molecule has 0 aliphatic carbocycles. The van der Waals surface area contributed by atoms with Crippen LogP contribution in [-0.4, -0.2) is 59.4 Å². The van der Waals surface area contributed by atoms with Crippen molar-refractivity contribution in [1.29, 1.82) is 0 Å². The van der Waals surface area contributed by atoms with Crippen LogP contribution in [0.25, 0.3) is 10.2 Å². The van der Waals surface area contributed by atoms with E-state index in [2.05, 4.69) is 10.3 Å². The number of amides is 2. The Kier molecular flexibility index (Phi) is 7.81. The van der Waals surface area contributed by atoms with Crippen LogP contribution in [0, 0.1) is 5.92 Å². The number of likely N-dealkylation sites (tertiary alicyclic amines) is 1. The fourth-order valence-electron chi connectivity index (χ4n) is 3.04. The summed E-state index contributed by atoms with van der Waals surface area (Å²) in [4.78, 5) is 31.1. The third-order valence-corrected chi connectivity index (χ3v) is 7.73. The Hall–Kier alpha value is -1.29. The van der Waals surface area contributed by atoms with Crippen LogP contribution in [0.1, 0.15) is 23.2 Å². The smallest absolute Gasteiger partial charge is 0.253 e. The van der Waals surface area contributed by atoms with E-state index in [1.54, 1.807) is 27.1 Å². The summed E-state index contributed by atoms with van der Waals surface area (Å²) in [5.41, 5.74) is 8.85. The van der Waals surface area contributed by atoms with Crippen molar-refractivity contribution in [2.24, 2.45) is 11.7 Å². The van der Waals surface area contributed by atoms with Gasteiger partial charge in [-0.25, -0.2) is 4.98 Å². The maximum absolute atomic E-state index is 12.7. The van der Waals surface area contributed by atoms with Crippen LogP contribution in [0.3, 0.4) is 0 Å². The van der Waals surface area contributed by atoms with E-state index in [1.807, 2.05) is 23.1 Å². The summed E-state index contributed by atoms with van der Waals surface area (Å²) in [5, 5.41) is 3.01. The Morgan fingerprint density at radius 2 is 2.04 bits per heavy atom. The van der Waals surface area contributed by atoms with Crippen LogP contribution in [-0.2, 0) is 4.79 Å². The lowest BCUT2D eigenvalue weighted by Crippen LogP contribution is -2.43. The van der Waals surface area contributed by atoms with Crippen LogP contribution in [0.4, 0.5) is 0 Å². The molecule has 0 spiro atoms. The van der Waals surface area contributed by atoms with E-state index in [-0.39, 0.29) is 17.7 Å². The number of rotatable bonds is 8. The van der Waals surface area contributed by atoms with Crippen molar-refractivity contribution in [2.75, 3.05) is 37.7 Å². The molecule has 146 valence electrons. The third-order valence-electron chi connectivity index (χ3n) is 4.50. The maximum atomic E-state index is 12.7. The van der Waals surface area contributed by atoms with E-state index in [0.29, 0.717) is 31.7 Å². The van der Waals surface area contributed by atoms with E-state index in [9.17, 15) is 9.59 Å². The summed E-state index contributed by atoms with van der Waals surface area (Å²) in [7, 11) is 3.47. The molecule has 3 N–H and O–H groups in total. The van der Waals surface area contributed by atoms with E-state index in [4.69, 9.17) is 5.73 Å². The maximum Gasteiger partial charge on any atom is 0.253 e. The van der Waals surface area contributed by atoms with Gasteiger partial charge in [-0.1, -0.05) is 21.6 Å². The molecule has 2 heterocycles. The average Bonchev–Trinajstić information content (AvgIpc) is 3.18. The molecule has 1 aromatic carbocycles. The summed E-state index contributed by atoms with van der Waals surface area (Å²) in [6.07, 6.45) is 1.44. The molecule has 0 saturated carbocycles. The molecule has 1 saturated heterocycles. The van der Waals surface area contributed by atoms with E-state index in [1.165, 1.54) is 11.3 Å². The van der Waals surface area contributed by atoms with Crippen LogP contribution < -0.4 is 11.1 Å². The summed E-state index contributed by atoms with van der Waals surface area (Å²) in [6, 6.07) is 5.64. The Bertz CT molecular complexity index is 775. The van der Waals surface area contributed by atoms with Crippen molar-refractivity contribution in [3.63, 3.8) is 0 Å². The first-order chi connectivity index (χ1) is 13.2. The Labute approximate surface area is 171 Å². The zero-order valence-electron chi connectivity index (χ0n) is 15.1. The molecule has 3 rings (SSSR count). The molecular weight excluding hydrogens is 400 g/mol. The molecular formula is C18H24N4O2S3. The molecule has 1 fully saturated rings. The number of aromatic nitrogens is 1. The first-order valence-electron chi connectivity index (χ1n) is 9.03. The minimum atomic E-state index is -0.000258. The number of hydrogen-bond donors (Lipinski definition) is 2. The van der Waals surface area contributed by atoms with Gasteiger partial charge in [-0.2, -0.15) is 0 Å². The van der Waals surface area contributed by atoms with Crippen molar-refractivity contribution in [3.8, 4) is 0 Å². The van der Waals surface area contributed by atoms with E-state index in [0.717, 1.165) is 34.6 Å². The molecule has 2 aromatic rings. The van der Waals surface area contributed by atoms with Crippen LogP contribution in [0.15, 0.2) is 23.7 Å². The van der Waals surface area contributed by atoms with Gasteiger partial charge in [-0.15, -0.1) is 11.3 Å².